The van der Waals surface area contributed by atoms with Crippen LogP contribution in [0, 0.1) is 0 Å². The number of hydrogen-bond donors (Lipinski definition) is 0. The minimum atomic E-state index is -0.193. The summed E-state index contributed by atoms with van der Waals surface area (Å²) in [6.45, 7) is 0.586. The van der Waals surface area contributed by atoms with Crippen molar-refractivity contribution in [3.8, 4) is 0 Å². The minimum Gasteiger partial charge on any atom is -0.463 e. The van der Waals surface area contributed by atoms with Crippen molar-refractivity contribution >= 4 is 5.97 Å². The van der Waals surface area contributed by atoms with Crippen LogP contribution < -0.4 is 0 Å². The summed E-state index contributed by atoms with van der Waals surface area (Å²) in [7, 11) is 0. The van der Waals surface area contributed by atoms with E-state index in [1.807, 2.05) is 6.08 Å². The number of cyclic esters (lactones) is 1. The van der Waals surface area contributed by atoms with E-state index >= 15 is 0 Å². The summed E-state index contributed by atoms with van der Waals surface area (Å²) >= 11 is 0. The van der Waals surface area contributed by atoms with Crippen LogP contribution >= 0.6 is 0 Å². The molecule has 0 unspecified atom stereocenters. The van der Waals surface area contributed by atoms with Crippen molar-refractivity contribution in [3.63, 3.8) is 0 Å². The molecular weight excluding hydrogens is 128 g/mol. The van der Waals surface area contributed by atoms with Gasteiger partial charge in [0, 0.05) is 6.08 Å². The van der Waals surface area contributed by atoms with E-state index in [1.165, 1.54) is 12.5 Å². The summed E-state index contributed by atoms with van der Waals surface area (Å²) < 4.78 is 4.84. The third-order valence-corrected chi connectivity index (χ3v) is 1.51. The van der Waals surface area contributed by atoms with E-state index in [0.717, 1.165) is 19.3 Å². The quantitative estimate of drug-likeness (QED) is 0.478. The van der Waals surface area contributed by atoms with Crippen LogP contribution in [0.1, 0.15) is 25.7 Å². The molecule has 2 heteroatoms. The molecule has 0 atom stereocenters. The van der Waals surface area contributed by atoms with Gasteiger partial charge in [-0.1, -0.05) is 6.08 Å². The lowest BCUT2D eigenvalue weighted by molar-refractivity contribution is -0.137. The van der Waals surface area contributed by atoms with Gasteiger partial charge < -0.3 is 4.74 Å². The zero-order valence-corrected chi connectivity index (χ0v) is 6.01. The van der Waals surface area contributed by atoms with Crippen molar-refractivity contribution in [2.45, 2.75) is 25.7 Å². The second kappa shape index (κ2) is 4.09. The average Bonchev–Trinajstić information content (AvgIpc) is 2.02. The van der Waals surface area contributed by atoms with Gasteiger partial charge in [-0.2, -0.15) is 0 Å². The Labute approximate surface area is 60.9 Å². The lowest BCUT2D eigenvalue weighted by atomic mass is 10.2. The molecule has 1 rings (SSSR count). The highest BCUT2D eigenvalue weighted by molar-refractivity contribution is 5.81. The van der Waals surface area contributed by atoms with E-state index in [9.17, 15) is 4.79 Å². The van der Waals surface area contributed by atoms with Crippen molar-refractivity contribution in [3.05, 3.63) is 12.2 Å². The Bertz CT molecular complexity index is 138. The number of ether oxygens (including phenoxy) is 1. The number of rotatable bonds is 0. The third-order valence-electron chi connectivity index (χ3n) is 1.51. The molecular formula is C8H12O2. The second-order valence-corrected chi connectivity index (χ2v) is 2.42. The van der Waals surface area contributed by atoms with Crippen LogP contribution in [-0.4, -0.2) is 12.6 Å². The van der Waals surface area contributed by atoms with Gasteiger partial charge in [-0.15, -0.1) is 0 Å². The Kier molecular flexibility index (Phi) is 3.00. The van der Waals surface area contributed by atoms with Crippen LogP contribution in [0.5, 0.6) is 0 Å². The molecule has 0 aromatic rings. The molecule has 0 aliphatic carbocycles. The fraction of sp³-hybridized carbons (Fsp3) is 0.625. The van der Waals surface area contributed by atoms with Crippen molar-refractivity contribution in [1.29, 1.82) is 0 Å². The molecule has 0 saturated carbocycles. The first-order valence-electron chi connectivity index (χ1n) is 3.73. The molecule has 0 saturated heterocycles. The van der Waals surface area contributed by atoms with Crippen molar-refractivity contribution in [2.24, 2.45) is 0 Å². The van der Waals surface area contributed by atoms with Gasteiger partial charge in [0.1, 0.15) is 0 Å². The fourth-order valence-electron chi connectivity index (χ4n) is 0.941. The molecule has 0 bridgehead atoms. The number of carbonyl (C=O) groups excluding carboxylic acids is 1. The highest BCUT2D eigenvalue weighted by Crippen LogP contribution is 2.03. The van der Waals surface area contributed by atoms with Crippen molar-refractivity contribution in [2.75, 3.05) is 6.61 Å². The van der Waals surface area contributed by atoms with Crippen LogP contribution in [0.15, 0.2) is 12.2 Å². The van der Waals surface area contributed by atoms with Gasteiger partial charge in [0.2, 0.25) is 0 Å². The first-order chi connectivity index (χ1) is 4.89. The van der Waals surface area contributed by atoms with Gasteiger partial charge in [0.05, 0.1) is 6.61 Å². The molecule has 1 aliphatic heterocycles. The molecule has 1 heterocycles. The van der Waals surface area contributed by atoms with E-state index in [0.29, 0.717) is 6.61 Å². The van der Waals surface area contributed by atoms with E-state index in [1.54, 1.807) is 0 Å². The summed E-state index contributed by atoms with van der Waals surface area (Å²) in [5.41, 5.74) is 0. The number of allylic oxidation sites excluding steroid dienone is 1. The van der Waals surface area contributed by atoms with Gasteiger partial charge in [-0.25, -0.2) is 4.79 Å². The van der Waals surface area contributed by atoms with Gasteiger partial charge in [-0.05, 0) is 25.7 Å². The van der Waals surface area contributed by atoms with Crippen molar-refractivity contribution < 1.29 is 9.53 Å². The fourth-order valence-corrected chi connectivity index (χ4v) is 0.941. The maximum absolute atomic E-state index is 10.7. The number of hydrogen-bond acceptors (Lipinski definition) is 2. The predicted octanol–water partition coefficient (Wildman–Crippen LogP) is 1.66. The van der Waals surface area contributed by atoms with Crippen molar-refractivity contribution in [1.82, 2.24) is 0 Å². The second-order valence-electron chi connectivity index (χ2n) is 2.42. The lowest BCUT2D eigenvalue weighted by Gasteiger charge is -1.97. The zero-order valence-electron chi connectivity index (χ0n) is 6.01. The Morgan fingerprint density at radius 1 is 1.30 bits per heavy atom. The molecule has 0 aromatic carbocycles. The Morgan fingerprint density at radius 3 is 3.10 bits per heavy atom. The van der Waals surface area contributed by atoms with Crippen LogP contribution in [0.4, 0.5) is 0 Å². The van der Waals surface area contributed by atoms with E-state index in [-0.39, 0.29) is 5.97 Å². The lowest BCUT2D eigenvalue weighted by Crippen LogP contribution is -2.00. The molecule has 0 radical (unpaired) electrons. The van der Waals surface area contributed by atoms with E-state index in [2.05, 4.69) is 0 Å². The molecule has 10 heavy (non-hydrogen) atoms. The first kappa shape index (κ1) is 7.32. The van der Waals surface area contributed by atoms with Gasteiger partial charge >= 0.3 is 5.97 Å². The molecule has 0 N–H and O–H groups in total. The first-order valence-corrected chi connectivity index (χ1v) is 3.73. The smallest absolute Gasteiger partial charge is 0.330 e. The standard InChI is InChI=1S/C8H12O2/c9-8-6-4-2-1-3-5-7-10-8/h4,6H,1-3,5,7H2. The average molecular weight is 140 g/mol. The topological polar surface area (TPSA) is 26.3 Å². The molecule has 0 aromatic heterocycles. The van der Waals surface area contributed by atoms with Crippen LogP contribution in [0.3, 0.4) is 0 Å². The third kappa shape index (κ3) is 2.67. The Balaban J connectivity index is 2.35. The van der Waals surface area contributed by atoms with E-state index < -0.39 is 0 Å². The Hall–Kier alpha value is -0.790. The van der Waals surface area contributed by atoms with E-state index in [4.69, 9.17) is 4.74 Å². The highest BCUT2D eigenvalue weighted by Gasteiger charge is 1.98. The zero-order chi connectivity index (χ0) is 7.23. The largest absolute Gasteiger partial charge is 0.463 e. The molecule has 0 spiro atoms. The maximum atomic E-state index is 10.7. The summed E-state index contributed by atoms with van der Waals surface area (Å²) in [5, 5.41) is 0. The number of esters is 1. The monoisotopic (exact) mass is 140 g/mol. The predicted molar refractivity (Wildman–Crippen MR) is 38.6 cm³/mol. The molecule has 2 nitrogen and oxygen atoms in total. The molecule has 0 fully saturated rings. The molecule has 56 valence electrons. The molecule has 1 aliphatic rings. The van der Waals surface area contributed by atoms with Crippen LogP contribution in [-0.2, 0) is 9.53 Å². The summed E-state index contributed by atoms with van der Waals surface area (Å²) in [5.74, 6) is -0.193. The highest BCUT2D eigenvalue weighted by atomic mass is 16.5. The van der Waals surface area contributed by atoms with Gasteiger partial charge in [-0.3, -0.25) is 0 Å². The Morgan fingerprint density at radius 2 is 2.20 bits per heavy atom. The number of carbonyl (C=O) groups is 1. The van der Waals surface area contributed by atoms with Gasteiger partial charge in [0.25, 0.3) is 0 Å². The van der Waals surface area contributed by atoms with Crippen LogP contribution in [0.2, 0.25) is 0 Å². The molecule has 0 amide bonds. The summed E-state index contributed by atoms with van der Waals surface area (Å²) in [4.78, 5) is 10.7. The van der Waals surface area contributed by atoms with Crippen LogP contribution in [0.25, 0.3) is 0 Å². The SMILES string of the molecule is O=C1C=CCCCCCO1. The maximum Gasteiger partial charge on any atom is 0.330 e. The van der Waals surface area contributed by atoms with Gasteiger partial charge in [0.15, 0.2) is 0 Å². The normalized spacial score (nSPS) is 20.6. The minimum absolute atomic E-state index is 0.193. The summed E-state index contributed by atoms with van der Waals surface area (Å²) in [6, 6.07) is 0. The summed E-state index contributed by atoms with van der Waals surface area (Å²) in [6.07, 6.45) is 7.76.